The average molecular weight is 305 g/mol. The van der Waals surface area contributed by atoms with E-state index in [2.05, 4.69) is 4.74 Å². The largest absolute Gasteiger partial charge is 0.573 e. The van der Waals surface area contributed by atoms with Crippen LogP contribution in [-0.2, 0) is 0 Å². The lowest BCUT2D eigenvalue weighted by Gasteiger charge is -2.12. The molecule has 0 radical (unpaired) electrons. The lowest BCUT2D eigenvalue weighted by molar-refractivity contribution is -0.274. The summed E-state index contributed by atoms with van der Waals surface area (Å²) in [4.78, 5) is 0. The van der Waals surface area contributed by atoms with Crippen molar-refractivity contribution in [3.8, 4) is 22.9 Å². The van der Waals surface area contributed by atoms with Gasteiger partial charge in [0, 0.05) is 5.56 Å². The van der Waals surface area contributed by atoms with Crippen molar-refractivity contribution < 1.29 is 17.9 Å². The van der Waals surface area contributed by atoms with Gasteiger partial charge in [-0.25, -0.2) is 0 Å². The molecule has 22 heavy (non-hydrogen) atoms. The van der Waals surface area contributed by atoms with Crippen LogP contribution in [0.1, 0.15) is 30.9 Å². The summed E-state index contributed by atoms with van der Waals surface area (Å²) < 4.78 is 40.9. The number of nitriles is 1. The summed E-state index contributed by atoms with van der Waals surface area (Å²) in [6, 6.07) is 13.1. The molecule has 0 bridgehead atoms. The van der Waals surface area contributed by atoms with Crippen LogP contribution in [0, 0.1) is 11.3 Å². The van der Waals surface area contributed by atoms with Crippen LogP contribution >= 0.6 is 0 Å². The van der Waals surface area contributed by atoms with E-state index in [9.17, 15) is 13.2 Å². The van der Waals surface area contributed by atoms with Crippen molar-refractivity contribution in [2.45, 2.75) is 26.1 Å². The summed E-state index contributed by atoms with van der Waals surface area (Å²) in [7, 11) is 0. The molecule has 0 saturated carbocycles. The molecule has 0 spiro atoms. The summed E-state index contributed by atoms with van der Waals surface area (Å²) in [6.07, 6.45) is -4.76. The van der Waals surface area contributed by atoms with Gasteiger partial charge >= 0.3 is 6.36 Å². The van der Waals surface area contributed by atoms with E-state index in [1.54, 1.807) is 12.1 Å². The molecule has 2 aromatic rings. The number of hydrogen-bond donors (Lipinski definition) is 0. The van der Waals surface area contributed by atoms with Crippen molar-refractivity contribution in [2.24, 2.45) is 0 Å². The monoisotopic (exact) mass is 305 g/mol. The molecule has 0 saturated heterocycles. The van der Waals surface area contributed by atoms with Gasteiger partial charge in [0.05, 0.1) is 11.6 Å². The first kappa shape index (κ1) is 15.9. The van der Waals surface area contributed by atoms with Crippen molar-refractivity contribution in [1.29, 1.82) is 5.26 Å². The number of hydrogen-bond acceptors (Lipinski definition) is 2. The molecule has 0 atom stereocenters. The molecule has 0 heterocycles. The maximum absolute atomic E-state index is 12.3. The Balaban J connectivity index is 2.44. The molecule has 0 N–H and O–H groups in total. The zero-order chi connectivity index (χ0) is 16.3. The standard InChI is InChI=1S/C17H14F3NO/c1-11(2)12-3-5-13(6-4-12)16-9-15(22-17(18,19)20)8-7-14(16)10-21/h3-9,11H,1-2H3. The first-order valence-corrected chi connectivity index (χ1v) is 6.70. The first-order chi connectivity index (χ1) is 10.3. The topological polar surface area (TPSA) is 33.0 Å². The van der Waals surface area contributed by atoms with Crippen LogP contribution in [0.2, 0.25) is 0 Å². The van der Waals surface area contributed by atoms with E-state index < -0.39 is 6.36 Å². The zero-order valence-corrected chi connectivity index (χ0v) is 12.1. The Hall–Kier alpha value is -2.48. The third-order valence-electron chi connectivity index (χ3n) is 3.23. The van der Waals surface area contributed by atoms with Crippen molar-refractivity contribution in [3.05, 3.63) is 53.6 Å². The third-order valence-corrected chi connectivity index (χ3v) is 3.23. The predicted octanol–water partition coefficient (Wildman–Crippen LogP) is 5.25. The van der Waals surface area contributed by atoms with Gasteiger partial charge in [-0.2, -0.15) is 5.26 Å². The second-order valence-corrected chi connectivity index (χ2v) is 5.14. The van der Waals surface area contributed by atoms with Gasteiger partial charge in [0.1, 0.15) is 5.75 Å². The van der Waals surface area contributed by atoms with Crippen LogP contribution in [0.3, 0.4) is 0 Å². The normalized spacial score (nSPS) is 11.3. The molecular formula is C17H14F3NO. The molecule has 0 fully saturated rings. The van der Waals surface area contributed by atoms with E-state index in [4.69, 9.17) is 5.26 Å². The van der Waals surface area contributed by atoms with E-state index in [1.165, 1.54) is 12.1 Å². The molecule has 5 heteroatoms. The number of alkyl halides is 3. The molecule has 114 valence electrons. The minimum atomic E-state index is -4.76. The summed E-state index contributed by atoms with van der Waals surface area (Å²) in [5.74, 6) is 0.0128. The molecule has 0 aliphatic rings. The molecule has 2 aromatic carbocycles. The number of benzene rings is 2. The van der Waals surface area contributed by atoms with Gasteiger partial charge in [-0.15, -0.1) is 13.2 Å². The quantitative estimate of drug-likeness (QED) is 0.776. The minimum absolute atomic E-state index is 0.298. The molecule has 0 aromatic heterocycles. The number of halogens is 3. The van der Waals surface area contributed by atoms with Crippen molar-refractivity contribution in [2.75, 3.05) is 0 Å². The van der Waals surface area contributed by atoms with E-state index in [0.29, 0.717) is 22.6 Å². The highest BCUT2D eigenvalue weighted by Gasteiger charge is 2.31. The highest BCUT2D eigenvalue weighted by molar-refractivity contribution is 5.72. The summed E-state index contributed by atoms with van der Waals surface area (Å²) in [6.45, 7) is 4.10. The molecule has 2 nitrogen and oxygen atoms in total. The van der Waals surface area contributed by atoms with Gasteiger partial charge in [-0.05, 0) is 35.2 Å². The van der Waals surface area contributed by atoms with E-state index in [0.717, 1.165) is 11.6 Å². The lowest BCUT2D eigenvalue weighted by Crippen LogP contribution is -2.17. The maximum atomic E-state index is 12.3. The molecular weight excluding hydrogens is 291 g/mol. The fourth-order valence-corrected chi connectivity index (χ4v) is 2.10. The summed E-state index contributed by atoms with van der Waals surface area (Å²) in [5.41, 5.74) is 2.50. The molecule has 0 amide bonds. The lowest BCUT2D eigenvalue weighted by atomic mass is 9.96. The van der Waals surface area contributed by atoms with Gasteiger partial charge in [0.2, 0.25) is 0 Å². The van der Waals surface area contributed by atoms with Crippen LogP contribution in [0.5, 0.6) is 5.75 Å². The summed E-state index contributed by atoms with van der Waals surface area (Å²) >= 11 is 0. The fraction of sp³-hybridized carbons (Fsp3) is 0.235. The number of nitrogens with zero attached hydrogens (tertiary/aromatic N) is 1. The van der Waals surface area contributed by atoms with E-state index in [1.807, 2.05) is 32.0 Å². The van der Waals surface area contributed by atoms with Crippen molar-refractivity contribution >= 4 is 0 Å². The predicted molar refractivity (Wildman–Crippen MR) is 77.4 cm³/mol. The Morgan fingerprint density at radius 2 is 1.68 bits per heavy atom. The van der Waals surface area contributed by atoms with Gasteiger partial charge in [-0.3, -0.25) is 0 Å². The van der Waals surface area contributed by atoms with Crippen LogP contribution in [-0.4, -0.2) is 6.36 Å². The minimum Gasteiger partial charge on any atom is -0.406 e. The van der Waals surface area contributed by atoms with Gasteiger partial charge in [-0.1, -0.05) is 38.1 Å². The third kappa shape index (κ3) is 3.79. The molecule has 0 unspecified atom stereocenters. The number of rotatable bonds is 3. The second-order valence-electron chi connectivity index (χ2n) is 5.14. The maximum Gasteiger partial charge on any atom is 0.573 e. The Labute approximate surface area is 126 Å². The van der Waals surface area contributed by atoms with Crippen molar-refractivity contribution in [1.82, 2.24) is 0 Å². The zero-order valence-electron chi connectivity index (χ0n) is 12.1. The summed E-state index contributed by atoms with van der Waals surface area (Å²) in [5, 5.41) is 9.13. The first-order valence-electron chi connectivity index (χ1n) is 6.70. The highest BCUT2D eigenvalue weighted by atomic mass is 19.4. The van der Waals surface area contributed by atoms with Gasteiger partial charge in [0.15, 0.2) is 0 Å². The molecule has 0 aliphatic heterocycles. The van der Waals surface area contributed by atoms with Crippen molar-refractivity contribution in [3.63, 3.8) is 0 Å². The van der Waals surface area contributed by atoms with Crippen LogP contribution < -0.4 is 4.74 Å². The van der Waals surface area contributed by atoms with Gasteiger partial charge in [0.25, 0.3) is 0 Å². The SMILES string of the molecule is CC(C)c1ccc(-c2cc(OC(F)(F)F)ccc2C#N)cc1. The van der Waals surface area contributed by atoms with Gasteiger partial charge < -0.3 is 4.74 Å². The Bertz CT molecular complexity index is 697. The van der Waals surface area contributed by atoms with E-state index >= 15 is 0 Å². The van der Waals surface area contributed by atoms with E-state index in [-0.39, 0.29) is 5.75 Å². The Morgan fingerprint density at radius 3 is 2.18 bits per heavy atom. The van der Waals surface area contributed by atoms with Crippen LogP contribution in [0.4, 0.5) is 13.2 Å². The smallest absolute Gasteiger partial charge is 0.406 e. The fourth-order valence-electron chi connectivity index (χ4n) is 2.10. The Morgan fingerprint density at radius 1 is 1.05 bits per heavy atom. The van der Waals surface area contributed by atoms with Crippen LogP contribution in [0.15, 0.2) is 42.5 Å². The molecule has 2 rings (SSSR count). The van der Waals surface area contributed by atoms with Crippen LogP contribution in [0.25, 0.3) is 11.1 Å². The highest BCUT2D eigenvalue weighted by Crippen LogP contribution is 2.31. The number of ether oxygens (including phenoxy) is 1. The molecule has 0 aliphatic carbocycles. The Kier molecular flexibility index (Phi) is 4.41. The second kappa shape index (κ2) is 6.10. The average Bonchev–Trinajstić information content (AvgIpc) is 2.45.